The summed E-state index contributed by atoms with van der Waals surface area (Å²) in [6, 6.07) is 5.78. The predicted molar refractivity (Wildman–Crippen MR) is 106 cm³/mol. The Morgan fingerprint density at radius 1 is 1.23 bits per heavy atom. The van der Waals surface area contributed by atoms with Gasteiger partial charge in [0.1, 0.15) is 5.69 Å². The molecule has 0 spiro atoms. The van der Waals surface area contributed by atoms with Crippen LogP contribution in [0, 0.1) is 5.92 Å². The number of nitrogens with zero attached hydrogens (tertiary/aromatic N) is 1. The summed E-state index contributed by atoms with van der Waals surface area (Å²) in [5.74, 6) is -1.50. The third kappa shape index (κ3) is 5.13. The van der Waals surface area contributed by atoms with Gasteiger partial charge in [0, 0.05) is 10.6 Å². The number of hydrogen-bond donors (Lipinski definition) is 0. The molecule has 3 nitrogen and oxygen atoms in total. The maximum absolute atomic E-state index is 13.9. The summed E-state index contributed by atoms with van der Waals surface area (Å²) in [4.78, 5) is 15.2. The first kappa shape index (κ1) is 24.1. The summed E-state index contributed by atoms with van der Waals surface area (Å²) >= 11 is 11.2. The highest BCUT2D eigenvalue weighted by molar-refractivity contribution is 7.81. The highest BCUT2D eigenvalue weighted by atomic mass is 35.5. The number of carbonyl (C=O) groups excluding carboxylic acids is 1. The summed E-state index contributed by atoms with van der Waals surface area (Å²) in [5.41, 5.74) is -4.28. The molecule has 1 heterocycles. The van der Waals surface area contributed by atoms with E-state index in [9.17, 15) is 26.7 Å². The zero-order chi connectivity index (χ0) is 22.8. The van der Waals surface area contributed by atoms with Gasteiger partial charge in [-0.15, -0.1) is 0 Å². The number of halogens is 6. The minimum absolute atomic E-state index is 0.133. The van der Waals surface area contributed by atoms with Crippen molar-refractivity contribution in [2.24, 2.45) is 5.92 Å². The molecular formula is C20H17ClF5NO2S. The second kappa shape index (κ2) is 9.34. The van der Waals surface area contributed by atoms with E-state index in [1.807, 2.05) is 0 Å². The molecule has 0 saturated heterocycles. The van der Waals surface area contributed by atoms with Crippen LogP contribution >= 0.6 is 23.8 Å². The average molecular weight is 466 g/mol. The largest absolute Gasteiger partial charge is 0.465 e. The third-order valence-electron chi connectivity index (χ3n) is 4.12. The minimum Gasteiger partial charge on any atom is -0.465 e. The van der Waals surface area contributed by atoms with E-state index < -0.39 is 41.1 Å². The molecule has 0 aliphatic heterocycles. The van der Waals surface area contributed by atoms with Crippen LogP contribution in [0.2, 0.25) is 5.02 Å². The zero-order valence-electron chi connectivity index (χ0n) is 16.1. The molecule has 0 aliphatic carbocycles. The summed E-state index contributed by atoms with van der Waals surface area (Å²) < 4.78 is 73.4. The smallest absolute Gasteiger partial charge is 0.434 e. The lowest BCUT2D eigenvalue weighted by Gasteiger charge is -2.23. The van der Waals surface area contributed by atoms with Gasteiger partial charge in [0.15, 0.2) is 5.69 Å². The number of carbonyl (C=O) groups is 1. The van der Waals surface area contributed by atoms with Crippen molar-refractivity contribution in [3.8, 4) is 0 Å². The Hall–Kier alpha value is -2.13. The third-order valence-corrected chi connectivity index (χ3v) is 4.79. The number of benzene rings is 1. The first-order chi connectivity index (χ1) is 13.9. The second-order valence-electron chi connectivity index (χ2n) is 6.80. The van der Waals surface area contributed by atoms with Gasteiger partial charge in [0.2, 0.25) is 0 Å². The fraction of sp³-hybridized carbons (Fsp3) is 0.350. The Labute approximate surface area is 180 Å². The van der Waals surface area contributed by atoms with Gasteiger partial charge in [0.25, 0.3) is 6.43 Å². The molecule has 0 radical (unpaired) electrons. The number of rotatable bonds is 6. The van der Waals surface area contributed by atoms with Crippen LogP contribution in [0.1, 0.15) is 58.7 Å². The lowest BCUT2D eigenvalue weighted by molar-refractivity contribution is -0.141. The van der Waals surface area contributed by atoms with Crippen LogP contribution in [0.15, 0.2) is 24.3 Å². The van der Waals surface area contributed by atoms with Crippen molar-refractivity contribution in [3.05, 3.63) is 62.9 Å². The number of aromatic nitrogens is 1. The number of esters is 1. The van der Waals surface area contributed by atoms with E-state index in [4.69, 9.17) is 23.8 Å². The van der Waals surface area contributed by atoms with E-state index in [0.717, 1.165) is 7.11 Å². The fourth-order valence-corrected chi connectivity index (χ4v) is 3.52. The lowest BCUT2D eigenvalue weighted by Crippen LogP contribution is -2.25. The Morgan fingerprint density at radius 3 is 2.33 bits per heavy atom. The molecule has 10 heteroatoms. The molecule has 2 rings (SSSR count). The maximum atomic E-state index is 13.9. The SMILES string of the molecule is COC(=O)c1c(C(F)F)nc(C(F)(F)F)c(C(=S)c2cccc(Cl)c2)c1CC(C)C. The Morgan fingerprint density at radius 2 is 1.87 bits per heavy atom. The molecule has 0 amide bonds. The number of ether oxygens (including phenoxy) is 1. The molecule has 0 atom stereocenters. The molecule has 0 fully saturated rings. The predicted octanol–water partition coefficient (Wildman–Crippen LogP) is 6.44. The van der Waals surface area contributed by atoms with Gasteiger partial charge in [0.05, 0.1) is 17.5 Å². The van der Waals surface area contributed by atoms with E-state index in [2.05, 4.69) is 9.72 Å². The number of alkyl halides is 5. The van der Waals surface area contributed by atoms with E-state index in [0.29, 0.717) is 0 Å². The fourth-order valence-electron chi connectivity index (χ4n) is 2.98. The maximum Gasteiger partial charge on any atom is 0.434 e. The Bertz CT molecular complexity index is 976. The van der Waals surface area contributed by atoms with Gasteiger partial charge in [-0.3, -0.25) is 0 Å². The van der Waals surface area contributed by atoms with Crippen LogP contribution in [-0.2, 0) is 17.3 Å². The van der Waals surface area contributed by atoms with Crippen LogP contribution in [0.4, 0.5) is 22.0 Å². The van der Waals surface area contributed by atoms with Crippen molar-refractivity contribution in [1.29, 1.82) is 0 Å². The zero-order valence-corrected chi connectivity index (χ0v) is 17.7. The minimum atomic E-state index is -5.10. The van der Waals surface area contributed by atoms with Crippen molar-refractivity contribution in [3.63, 3.8) is 0 Å². The highest BCUT2D eigenvalue weighted by Crippen LogP contribution is 2.39. The molecular weight excluding hydrogens is 449 g/mol. The van der Waals surface area contributed by atoms with Crippen molar-refractivity contribution in [2.45, 2.75) is 32.9 Å². The first-order valence-corrected chi connectivity index (χ1v) is 9.47. The highest BCUT2D eigenvalue weighted by Gasteiger charge is 2.41. The number of thiocarbonyl (C=S) groups is 1. The topological polar surface area (TPSA) is 39.2 Å². The van der Waals surface area contributed by atoms with E-state index in [-0.39, 0.29) is 33.4 Å². The second-order valence-corrected chi connectivity index (χ2v) is 7.65. The van der Waals surface area contributed by atoms with Crippen molar-refractivity contribution >= 4 is 34.7 Å². The molecule has 1 aromatic heterocycles. The molecule has 30 heavy (non-hydrogen) atoms. The van der Waals surface area contributed by atoms with E-state index in [1.54, 1.807) is 13.8 Å². The van der Waals surface area contributed by atoms with Crippen LogP contribution in [0.3, 0.4) is 0 Å². The molecule has 1 aromatic carbocycles. The quantitative estimate of drug-likeness (QED) is 0.213. The summed E-state index contributed by atoms with van der Waals surface area (Å²) in [6.07, 6.45) is -8.66. The van der Waals surface area contributed by atoms with E-state index in [1.165, 1.54) is 24.3 Å². The first-order valence-electron chi connectivity index (χ1n) is 8.69. The molecule has 0 unspecified atom stereocenters. The molecule has 0 aliphatic rings. The van der Waals surface area contributed by atoms with E-state index >= 15 is 0 Å². The van der Waals surface area contributed by atoms with Gasteiger partial charge in [-0.2, -0.15) is 13.2 Å². The summed E-state index contributed by atoms with van der Waals surface area (Å²) in [7, 11) is 0.948. The van der Waals surface area contributed by atoms with Crippen molar-refractivity contribution in [1.82, 2.24) is 4.98 Å². The molecule has 162 valence electrons. The molecule has 0 saturated carbocycles. The lowest BCUT2D eigenvalue weighted by atomic mass is 9.88. The Balaban J connectivity index is 3.01. The van der Waals surface area contributed by atoms with Gasteiger partial charge in [-0.25, -0.2) is 18.6 Å². The summed E-state index contributed by atoms with van der Waals surface area (Å²) in [5, 5.41) is 0.221. The van der Waals surface area contributed by atoms with Crippen molar-refractivity contribution < 1.29 is 31.5 Å². The summed E-state index contributed by atoms with van der Waals surface area (Å²) in [6.45, 7) is 3.34. The molecule has 2 aromatic rings. The van der Waals surface area contributed by atoms with Gasteiger partial charge >= 0.3 is 12.1 Å². The van der Waals surface area contributed by atoms with Crippen LogP contribution in [-0.4, -0.2) is 22.9 Å². The number of pyridine rings is 1. The van der Waals surface area contributed by atoms with Crippen LogP contribution < -0.4 is 0 Å². The monoisotopic (exact) mass is 465 g/mol. The van der Waals surface area contributed by atoms with Gasteiger partial charge in [-0.1, -0.05) is 49.8 Å². The Kier molecular flexibility index (Phi) is 7.52. The van der Waals surface area contributed by atoms with Crippen molar-refractivity contribution in [2.75, 3.05) is 7.11 Å². The standard InChI is InChI=1S/C20H17ClF5NO2S/c1-9(2)7-12-13(19(28)29-3)15(18(22)23)27-17(20(24,25)26)14(12)16(30)10-5-4-6-11(21)8-10/h4-6,8-9,18H,7H2,1-3H3. The average Bonchev–Trinajstić information content (AvgIpc) is 2.64. The van der Waals surface area contributed by atoms with Gasteiger partial charge < -0.3 is 4.74 Å². The molecule has 0 bridgehead atoms. The van der Waals surface area contributed by atoms with Gasteiger partial charge in [-0.05, 0) is 35.6 Å². The van der Waals surface area contributed by atoms with Crippen LogP contribution in [0.5, 0.6) is 0 Å². The normalized spacial score (nSPS) is 11.8. The van der Waals surface area contributed by atoms with Crippen LogP contribution in [0.25, 0.3) is 0 Å². The number of methoxy groups -OCH3 is 1. The molecule has 0 N–H and O–H groups in total. The number of hydrogen-bond acceptors (Lipinski definition) is 4.